The maximum atomic E-state index is 10.5. The van der Waals surface area contributed by atoms with E-state index in [1.807, 2.05) is 30.3 Å². The van der Waals surface area contributed by atoms with Gasteiger partial charge >= 0.3 is 0 Å². The van der Waals surface area contributed by atoms with E-state index in [4.69, 9.17) is 23.7 Å². The van der Waals surface area contributed by atoms with Gasteiger partial charge in [-0.1, -0.05) is 0 Å². The van der Waals surface area contributed by atoms with Crippen LogP contribution >= 0.6 is 0 Å². The van der Waals surface area contributed by atoms with Gasteiger partial charge in [0, 0.05) is 25.2 Å². The molecule has 1 unspecified atom stereocenters. The molecule has 1 atom stereocenters. The third-order valence-corrected chi connectivity index (χ3v) is 5.32. The van der Waals surface area contributed by atoms with E-state index in [0.29, 0.717) is 13.2 Å². The zero-order valence-electron chi connectivity index (χ0n) is 18.1. The van der Waals surface area contributed by atoms with Crippen LogP contribution in [0.1, 0.15) is 16.7 Å². The average molecular weight is 418 g/mol. The number of nitrogens with zero attached hydrogens (tertiary/aromatic N) is 1. The molecule has 1 aliphatic rings. The van der Waals surface area contributed by atoms with E-state index >= 15 is 0 Å². The first-order chi connectivity index (χ1) is 14.6. The molecule has 0 aromatic heterocycles. The van der Waals surface area contributed by atoms with Crippen LogP contribution in [0.25, 0.3) is 0 Å². The van der Waals surface area contributed by atoms with Gasteiger partial charge in [0.15, 0.2) is 11.5 Å². The summed E-state index contributed by atoms with van der Waals surface area (Å²) in [6.07, 6.45) is 0.327. The lowest BCUT2D eigenvalue weighted by atomic mass is 9.98. The number of aliphatic hydroxyl groups is 1. The minimum absolute atomic E-state index is 0.246. The van der Waals surface area contributed by atoms with Gasteiger partial charge in [0.25, 0.3) is 0 Å². The number of methoxy groups -OCH3 is 4. The van der Waals surface area contributed by atoms with Gasteiger partial charge in [-0.25, -0.2) is 0 Å². The van der Waals surface area contributed by atoms with Gasteiger partial charge in [0.05, 0.1) is 47.8 Å². The minimum Gasteiger partial charge on any atom is -0.497 e. The summed E-state index contributed by atoms with van der Waals surface area (Å²) < 4.78 is 27.2. The lowest BCUT2D eigenvalue weighted by Gasteiger charge is -2.31. The molecule has 1 heterocycles. The lowest BCUT2D eigenvalue weighted by Crippen LogP contribution is -2.38. The first-order valence-electron chi connectivity index (χ1n) is 10.0. The van der Waals surface area contributed by atoms with Crippen LogP contribution in [0.3, 0.4) is 0 Å². The van der Waals surface area contributed by atoms with E-state index in [9.17, 15) is 5.11 Å². The number of ether oxygens (including phenoxy) is 5. The van der Waals surface area contributed by atoms with Crippen molar-refractivity contribution in [3.8, 4) is 23.0 Å². The minimum atomic E-state index is -0.580. The topological polar surface area (TPSA) is 69.6 Å². The molecule has 30 heavy (non-hydrogen) atoms. The Morgan fingerprint density at radius 3 is 2.27 bits per heavy atom. The highest BCUT2D eigenvalue weighted by Crippen LogP contribution is 2.33. The SMILES string of the molecule is COc1ccc(OC)c(COCC(O)CN2CCc3cc(OC)c(OC)cc3C2)c1. The molecule has 0 bridgehead atoms. The van der Waals surface area contributed by atoms with Crippen molar-refractivity contribution in [2.75, 3.05) is 48.1 Å². The Balaban J connectivity index is 1.52. The van der Waals surface area contributed by atoms with Crippen LogP contribution in [0.4, 0.5) is 0 Å². The monoisotopic (exact) mass is 417 g/mol. The van der Waals surface area contributed by atoms with Crippen molar-refractivity contribution in [1.82, 2.24) is 4.90 Å². The molecule has 1 N–H and O–H groups in total. The van der Waals surface area contributed by atoms with Gasteiger partial charge in [-0.3, -0.25) is 4.90 Å². The number of β-amino-alcohol motifs (C(OH)–C–C–N with tert-alkyl or cyclic N) is 1. The molecule has 7 heteroatoms. The first kappa shape index (κ1) is 22.2. The molecule has 164 valence electrons. The second-order valence-corrected chi connectivity index (χ2v) is 7.31. The number of hydrogen-bond donors (Lipinski definition) is 1. The summed E-state index contributed by atoms with van der Waals surface area (Å²) in [4.78, 5) is 2.23. The largest absolute Gasteiger partial charge is 0.497 e. The Morgan fingerprint density at radius 2 is 1.60 bits per heavy atom. The Hall–Kier alpha value is -2.48. The molecule has 0 aliphatic carbocycles. The highest BCUT2D eigenvalue weighted by atomic mass is 16.5. The summed E-state index contributed by atoms with van der Waals surface area (Å²) in [6, 6.07) is 9.65. The summed E-state index contributed by atoms with van der Waals surface area (Å²) >= 11 is 0. The molecular weight excluding hydrogens is 386 g/mol. The van der Waals surface area contributed by atoms with Crippen molar-refractivity contribution in [3.63, 3.8) is 0 Å². The highest BCUT2D eigenvalue weighted by Gasteiger charge is 2.21. The molecule has 3 rings (SSSR count). The van der Waals surface area contributed by atoms with Gasteiger partial charge in [-0.2, -0.15) is 0 Å². The fourth-order valence-corrected chi connectivity index (χ4v) is 3.75. The van der Waals surface area contributed by atoms with Crippen molar-refractivity contribution < 1.29 is 28.8 Å². The number of rotatable bonds is 10. The molecule has 7 nitrogen and oxygen atoms in total. The summed E-state index contributed by atoms with van der Waals surface area (Å²) in [5, 5.41) is 10.5. The number of benzene rings is 2. The third-order valence-electron chi connectivity index (χ3n) is 5.32. The van der Waals surface area contributed by atoms with Crippen molar-refractivity contribution in [1.29, 1.82) is 0 Å². The summed E-state index contributed by atoms with van der Waals surface area (Å²) in [6.45, 7) is 2.77. The van der Waals surface area contributed by atoms with Crippen LogP contribution in [0.5, 0.6) is 23.0 Å². The van der Waals surface area contributed by atoms with Gasteiger partial charge in [-0.15, -0.1) is 0 Å². The van der Waals surface area contributed by atoms with Crippen LogP contribution in [0.15, 0.2) is 30.3 Å². The normalized spacial score (nSPS) is 14.7. The molecule has 0 radical (unpaired) electrons. The number of aliphatic hydroxyl groups excluding tert-OH is 1. The van der Waals surface area contributed by atoms with E-state index < -0.39 is 6.10 Å². The quantitative estimate of drug-likeness (QED) is 0.637. The second kappa shape index (κ2) is 10.5. The fraction of sp³-hybridized carbons (Fsp3) is 0.478. The third kappa shape index (κ3) is 5.36. The van der Waals surface area contributed by atoms with Crippen LogP contribution < -0.4 is 18.9 Å². The Kier molecular flexibility index (Phi) is 7.79. The molecule has 0 spiro atoms. The molecule has 0 saturated carbocycles. The zero-order valence-corrected chi connectivity index (χ0v) is 18.1. The van der Waals surface area contributed by atoms with E-state index in [-0.39, 0.29) is 6.61 Å². The maximum absolute atomic E-state index is 10.5. The van der Waals surface area contributed by atoms with Crippen molar-refractivity contribution >= 4 is 0 Å². The summed E-state index contributed by atoms with van der Waals surface area (Å²) in [5.74, 6) is 2.97. The van der Waals surface area contributed by atoms with Crippen molar-refractivity contribution in [2.24, 2.45) is 0 Å². The molecule has 0 saturated heterocycles. The first-order valence-corrected chi connectivity index (χ1v) is 10.0. The lowest BCUT2D eigenvalue weighted by molar-refractivity contribution is 0.00722. The van der Waals surface area contributed by atoms with Crippen LogP contribution in [-0.2, 0) is 24.3 Å². The Labute approximate surface area is 178 Å². The zero-order chi connectivity index (χ0) is 21.5. The molecule has 2 aromatic rings. The Morgan fingerprint density at radius 1 is 0.900 bits per heavy atom. The highest BCUT2D eigenvalue weighted by molar-refractivity contribution is 5.48. The number of fused-ring (bicyclic) bond motifs is 1. The van der Waals surface area contributed by atoms with Gasteiger partial charge in [0.1, 0.15) is 11.5 Å². The Bertz CT molecular complexity index is 841. The van der Waals surface area contributed by atoms with Gasteiger partial charge < -0.3 is 28.8 Å². The van der Waals surface area contributed by atoms with Crippen molar-refractivity contribution in [2.45, 2.75) is 25.7 Å². The van der Waals surface area contributed by atoms with E-state index in [2.05, 4.69) is 4.90 Å². The predicted molar refractivity (Wildman–Crippen MR) is 114 cm³/mol. The summed E-state index contributed by atoms with van der Waals surface area (Å²) in [7, 11) is 6.54. The summed E-state index contributed by atoms with van der Waals surface area (Å²) in [5.41, 5.74) is 3.35. The molecule has 0 amide bonds. The predicted octanol–water partition coefficient (Wildman–Crippen LogP) is 2.66. The maximum Gasteiger partial charge on any atom is 0.161 e. The van der Waals surface area contributed by atoms with Crippen LogP contribution in [0, 0.1) is 0 Å². The molecule has 2 aromatic carbocycles. The second-order valence-electron chi connectivity index (χ2n) is 7.31. The standard InChI is InChI=1S/C23H31NO6/c1-26-20-5-6-21(27-2)18(9-20)14-30-15-19(25)13-24-8-7-16-10-22(28-3)23(29-4)11-17(16)12-24/h5-6,9-11,19,25H,7-8,12-15H2,1-4H3. The molecular formula is C23H31NO6. The van der Waals surface area contributed by atoms with Gasteiger partial charge in [-0.05, 0) is 47.9 Å². The van der Waals surface area contributed by atoms with E-state index in [1.54, 1.807) is 28.4 Å². The smallest absolute Gasteiger partial charge is 0.161 e. The van der Waals surface area contributed by atoms with Crippen LogP contribution in [0.2, 0.25) is 0 Å². The van der Waals surface area contributed by atoms with Crippen molar-refractivity contribution in [3.05, 3.63) is 47.0 Å². The van der Waals surface area contributed by atoms with Gasteiger partial charge in [0.2, 0.25) is 0 Å². The molecule has 0 fully saturated rings. The van der Waals surface area contributed by atoms with E-state index in [0.717, 1.165) is 48.1 Å². The number of hydrogen-bond acceptors (Lipinski definition) is 7. The average Bonchev–Trinajstić information content (AvgIpc) is 2.77. The molecule has 1 aliphatic heterocycles. The van der Waals surface area contributed by atoms with Crippen LogP contribution in [-0.4, -0.2) is 64.2 Å². The fourth-order valence-electron chi connectivity index (χ4n) is 3.75. The van der Waals surface area contributed by atoms with E-state index in [1.165, 1.54) is 11.1 Å².